The topological polar surface area (TPSA) is 49.3 Å². The minimum Gasteiger partial charge on any atom is -0.478 e. The van der Waals surface area contributed by atoms with Gasteiger partial charge >= 0.3 is 5.97 Å². The van der Waals surface area contributed by atoms with E-state index in [4.69, 9.17) is 5.11 Å². The van der Waals surface area contributed by atoms with Crippen molar-refractivity contribution >= 4 is 11.7 Å². The molecule has 3 atom stereocenters. The molecule has 2 rings (SSSR count). The third-order valence-electron chi connectivity index (χ3n) is 4.30. The van der Waals surface area contributed by atoms with Gasteiger partial charge in [-0.25, -0.2) is 9.18 Å². The average molecular weight is 265 g/mol. The molecule has 1 aliphatic carbocycles. The number of halogens is 1. The van der Waals surface area contributed by atoms with Crippen LogP contribution in [0.1, 0.15) is 43.5 Å². The molecule has 0 aromatic heterocycles. The van der Waals surface area contributed by atoms with E-state index in [1.807, 2.05) is 0 Å². The first-order chi connectivity index (χ1) is 9.02. The largest absolute Gasteiger partial charge is 0.478 e. The monoisotopic (exact) mass is 265 g/mol. The number of aromatic carboxylic acids is 1. The number of hydrogen-bond donors (Lipinski definition) is 2. The molecule has 0 radical (unpaired) electrons. The van der Waals surface area contributed by atoms with E-state index in [1.165, 1.54) is 25.0 Å². The van der Waals surface area contributed by atoms with Gasteiger partial charge in [0.1, 0.15) is 5.82 Å². The summed E-state index contributed by atoms with van der Waals surface area (Å²) in [5.41, 5.74) is 0.382. The van der Waals surface area contributed by atoms with Crippen molar-refractivity contribution in [2.24, 2.45) is 11.8 Å². The number of benzene rings is 1. The standard InChI is InChI=1S/C15H20FNO2/c1-3-10-4-7-14(9(10)2)17-11-5-6-12(15(18)19)13(16)8-11/h5-6,8-10,14,17H,3-4,7H2,1-2H3,(H,18,19). The van der Waals surface area contributed by atoms with Crippen molar-refractivity contribution in [1.82, 2.24) is 0 Å². The third kappa shape index (κ3) is 2.88. The summed E-state index contributed by atoms with van der Waals surface area (Å²) in [6.45, 7) is 4.42. The Morgan fingerprint density at radius 1 is 1.47 bits per heavy atom. The summed E-state index contributed by atoms with van der Waals surface area (Å²) in [6, 6.07) is 4.57. The number of anilines is 1. The number of rotatable bonds is 4. The van der Waals surface area contributed by atoms with Gasteiger partial charge in [0.2, 0.25) is 0 Å². The highest BCUT2D eigenvalue weighted by atomic mass is 19.1. The van der Waals surface area contributed by atoms with Crippen LogP contribution in [0.5, 0.6) is 0 Å². The van der Waals surface area contributed by atoms with Crippen LogP contribution in [0.3, 0.4) is 0 Å². The van der Waals surface area contributed by atoms with Crippen LogP contribution >= 0.6 is 0 Å². The molecule has 1 aromatic rings. The first-order valence-electron chi connectivity index (χ1n) is 6.82. The lowest BCUT2D eigenvalue weighted by Gasteiger charge is -2.22. The molecule has 1 aliphatic rings. The molecule has 0 aliphatic heterocycles. The van der Waals surface area contributed by atoms with Crippen LogP contribution in [-0.4, -0.2) is 17.1 Å². The molecular weight excluding hydrogens is 245 g/mol. The van der Waals surface area contributed by atoms with Gasteiger partial charge in [-0.3, -0.25) is 0 Å². The zero-order chi connectivity index (χ0) is 14.0. The smallest absolute Gasteiger partial charge is 0.338 e. The Balaban J connectivity index is 2.08. The van der Waals surface area contributed by atoms with Crippen molar-refractivity contribution in [3.63, 3.8) is 0 Å². The lowest BCUT2D eigenvalue weighted by atomic mass is 9.93. The molecule has 1 saturated carbocycles. The highest BCUT2D eigenvalue weighted by Crippen LogP contribution is 2.35. The van der Waals surface area contributed by atoms with E-state index in [0.717, 1.165) is 12.3 Å². The highest BCUT2D eigenvalue weighted by Gasteiger charge is 2.31. The molecule has 1 aromatic carbocycles. The highest BCUT2D eigenvalue weighted by molar-refractivity contribution is 5.88. The summed E-state index contributed by atoms with van der Waals surface area (Å²) in [7, 11) is 0. The van der Waals surface area contributed by atoms with Crippen LogP contribution in [0.2, 0.25) is 0 Å². The van der Waals surface area contributed by atoms with Gasteiger partial charge in [0.05, 0.1) is 5.56 Å². The van der Waals surface area contributed by atoms with Crippen LogP contribution in [0.4, 0.5) is 10.1 Å². The second kappa shape index (κ2) is 5.59. The fourth-order valence-electron chi connectivity index (χ4n) is 3.02. The van der Waals surface area contributed by atoms with E-state index in [0.29, 0.717) is 17.6 Å². The van der Waals surface area contributed by atoms with Crippen molar-refractivity contribution < 1.29 is 14.3 Å². The Hall–Kier alpha value is -1.58. The number of carboxylic acid groups (broad SMARTS) is 1. The van der Waals surface area contributed by atoms with Crippen LogP contribution in [0, 0.1) is 17.7 Å². The maximum absolute atomic E-state index is 13.6. The van der Waals surface area contributed by atoms with Crippen LogP contribution in [-0.2, 0) is 0 Å². The Labute approximate surface area is 112 Å². The molecule has 4 heteroatoms. The second-order valence-corrected chi connectivity index (χ2v) is 5.36. The van der Waals surface area contributed by atoms with Gasteiger partial charge in [-0.05, 0) is 42.9 Å². The summed E-state index contributed by atoms with van der Waals surface area (Å²) < 4.78 is 13.6. The number of carbonyl (C=O) groups is 1. The zero-order valence-corrected chi connectivity index (χ0v) is 11.3. The maximum atomic E-state index is 13.6. The first-order valence-corrected chi connectivity index (χ1v) is 6.82. The van der Waals surface area contributed by atoms with Crippen molar-refractivity contribution in [3.05, 3.63) is 29.6 Å². The summed E-state index contributed by atoms with van der Waals surface area (Å²) in [5, 5.41) is 12.1. The quantitative estimate of drug-likeness (QED) is 0.871. The summed E-state index contributed by atoms with van der Waals surface area (Å²) in [6.07, 6.45) is 3.46. The van der Waals surface area contributed by atoms with Gasteiger partial charge in [-0.2, -0.15) is 0 Å². The zero-order valence-electron chi connectivity index (χ0n) is 11.3. The summed E-state index contributed by atoms with van der Waals surface area (Å²) in [4.78, 5) is 10.8. The molecule has 104 valence electrons. The van der Waals surface area contributed by atoms with Crippen LogP contribution in [0.15, 0.2) is 18.2 Å². The van der Waals surface area contributed by atoms with E-state index >= 15 is 0 Å². The van der Waals surface area contributed by atoms with Crippen molar-refractivity contribution in [2.75, 3.05) is 5.32 Å². The van der Waals surface area contributed by atoms with Gasteiger partial charge < -0.3 is 10.4 Å². The lowest BCUT2D eigenvalue weighted by Crippen LogP contribution is -2.24. The predicted molar refractivity (Wildman–Crippen MR) is 72.9 cm³/mol. The maximum Gasteiger partial charge on any atom is 0.338 e. The Morgan fingerprint density at radius 3 is 2.74 bits per heavy atom. The number of nitrogens with one attached hydrogen (secondary N) is 1. The SMILES string of the molecule is CCC1CCC(Nc2ccc(C(=O)O)c(F)c2)C1C. The van der Waals surface area contributed by atoms with Gasteiger partial charge in [0.15, 0.2) is 0 Å². The summed E-state index contributed by atoms with van der Waals surface area (Å²) >= 11 is 0. The molecule has 0 spiro atoms. The molecule has 1 fully saturated rings. The molecule has 0 heterocycles. The number of hydrogen-bond acceptors (Lipinski definition) is 2. The predicted octanol–water partition coefficient (Wildman–Crippen LogP) is 3.76. The molecule has 0 bridgehead atoms. The summed E-state index contributed by atoms with van der Waals surface area (Å²) in [5.74, 6) is -0.632. The molecule has 2 N–H and O–H groups in total. The van der Waals surface area contributed by atoms with Gasteiger partial charge in [0, 0.05) is 11.7 Å². The van der Waals surface area contributed by atoms with E-state index in [9.17, 15) is 9.18 Å². The molecule has 19 heavy (non-hydrogen) atoms. The van der Waals surface area contributed by atoms with Gasteiger partial charge in [0.25, 0.3) is 0 Å². The van der Waals surface area contributed by atoms with Crippen molar-refractivity contribution in [2.45, 2.75) is 39.2 Å². The fourth-order valence-corrected chi connectivity index (χ4v) is 3.02. The van der Waals surface area contributed by atoms with E-state index in [-0.39, 0.29) is 5.56 Å². The molecule has 3 nitrogen and oxygen atoms in total. The van der Waals surface area contributed by atoms with E-state index < -0.39 is 11.8 Å². The first kappa shape index (κ1) is 13.8. The second-order valence-electron chi connectivity index (χ2n) is 5.36. The average Bonchev–Trinajstić information content (AvgIpc) is 2.70. The Kier molecular flexibility index (Phi) is 4.08. The van der Waals surface area contributed by atoms with Crippen molar-refractivity contribution in [3.8, 4) is 0 Å². The van der Waals surface area contributed by atoms with Gasteiger partial charge in [-0.1, -0.05) is 20.3 Å². The van der Waals surface area contributed by atoms with Crippen LogP contribution in [0.25, 0.3) is 0 Å². The van der Waals surface area contributed by atoms with Crippen LogP contribution < -0.4 is 5.32 Å². The Morgan fingerprint density at radius 2 is 2.21 bits per heavy atom. The molecule has 3 unspecified atom stereocenters. The molecule has 0 saturated heterocycles. The fraction of sp³-hybridized carbons (Fsp3) is 0.533. The van der Waals surface area contributed by atoms with Gasteiger partial charge in [-0.15, -0.1) is 0 Å². The minimum absolute atomic E-state index is 0.281. The minimum atomic E-state index is -1.23. The lowest BCUT2D eigenvalue weighted by molar-refractivity contribution is 0.0692. The molecular formula is C15H20FNO2. The normalized spacial score (nSPS) is 26.4. The van der Waals surface area contributed by atoms with E-state index in [2.05, 4.69) is 19.2 Å². The Bertz CT molecular complexity index is 475. The number of carboxylic acids is 1. The van der Waals surface area contributed by atoms with E-state index in [1.54, 1.807) is 6.07 Å². The third-order valence-corrected chi connectivity index (χ3v) is 4.30. The van der Waals surface area contributed by atoms with Crippen molar-refractivity contribution in [1.29, 1.82) is 0 Å². The molecule has 0 amide bonds.